The Morgan fingerprint density at radius 1 is 0.259 bits per heavy atom. The number of rotatable bonds is 64. The molecule has 0 aliphatic rings. The van der Waals surface area contributed by atoms with Crippen LogP contribution in [-0.4, -0.2) is 37.2 Å². The molecule has 81 heavy (non-hydrogen) atoms. The van der Waals surface area contributed by atoms with Gasteiger partial charge >= 0.3 is 17.9 Å². The summed E-state index contributed by atoms with van der Waals surface area (Å²) >= 11 is 0. The van der Waals surface area contributed by atoms with Crippen LogP contribution < -0.4 is 0 Å². The molecule has 0 heterocycles. The Morgan fingerprint density at radius 2 is 0.481 bits per heavy atom. The molecule has 0 aromatic carbocycles. The van der Waals surface area contributed by atoms with Crippen molar-refractivity contribution in [1.82, 2.24) is 0 Å². The third-order valence-corrected chi connectivity index (χ3v) is 15.4. The van der Waals surface area contributed by atoms with Gasteiger partial charge in [-0.25, -0.2) is 0 Å². The molecule has 0 amide bonds. The highest BCUT2D eigenvalue weighted by atomic mass is 16.6. The zero-order chi connectivity index (χ0) is 58.5. The molecule has 468 valence electrons. The average Bonchev–Trinajstić information content (AvgIpc) is 3.47. The van der Waals surface area contributed by atoms with Crippen LogP contribution in [0, 0.1) is 0 Å². The minimum atomic E-state index is -0.793. The Morgan fingerprint density at radius 3 is 0.765 bits per heavy atom. The van der Waals surface area contributed by atoms with Crippen LogP contribution in [0.2, 0.25) is 0 Å². The van der Waals surface area contributed by atoms with Crippen LogP contribution in [0.5, 0.6) is 0 Å². The van der Waals surface area contributed by atoms with E-state index < -0.39 is 6.10 Å². The van der Waals surface area contributed by atoms with Gasteiger partial charge in [0, 0.05) is 19.3 Å². The molecule has 0 fully saturated rings. The second-order valence-corrected chi connectivity index (χ2v) is 23.4. The fraction of sp³-hybridized carbons (Fsp3) is 0.773. The van der Waals surface area contributed by atoms with Gasteiger partial charge in [-0.15, -0.1) is 0 Å². The summed E-state index contributed by atoms with van der Waals surface area (Å²) in [6, 6.07) is 0. The third kappa shape index (κ3) is 67.3. The minimum absolute atomic E-state index is 0.0864. The summed E-state index contributed by atoms with van der Waals surface area (Å²) in [6.45, 7) is 6.53. The van der Waals surface area contributed by atoms with Crippen LogP contribution in [-0.2, 0) is 28.6 Å². The first-order valence-electron chi connectivity index (χ1n) is 35.1. The number of hydrogen-bond acceptors (Lipinski definition) is 6. The van der Waals surface area contributed by atoms with Gasteiger partial charge in [-0.1, -0.05) is 305 Å². The smallest absolute Gasteiger partial charge is 0.306 e. The first kappa shape index (κ1) is 77.6. The summed E-state index contributed by atoms with van der Waals surface area (Å²) in [5, 5.41) is 0. The van der Waals surface area contributed by atoms with Crippen molar-refractivity contribution < 1.29 is 28.6 Å². The first-order chi connectivity index (χ1) is 40.0. The molecule has 0 saturated carbocycles. The molecule has 6 nitrogen and oxygen atoms in total. The van der Waals surface area contributed by atoms with Gasteiger partial charge in [0.1, 0.15) is 13.2 Å². The van der Waals surface area contributed by atoms with Crippen LogP contribution in [0.15, 0.2) is 85.1 Å². The maximum atomic E-state index is 12.9. The van der Waals surface area contributed by atoms with Gasteiger partial charge in [-0.2, -0.15) is 0 Å². The van der Waals surface area contributed by atoms with E-state index in [9.17, 15) is 14.4 Å². The summed E-state index contributed by atoms with van der Waals surface area (Å²) in [5.41, 5.74) is 0. The van der Waals surface area contributed by atoms with Crippen LogP contribution in [0.4, 0.5) is 0 Å². The first-order valence-corrected chi connectivity index (χ1v) is 35.1. The number of allylic oxidation sites excluding steroid dienone is 14. The van der Waals surface area contributed by atoms with Crippen LogP contribution in [0.1, 0.15) is 355 Å². The van der Waals surface area contributed by atoms with Gasteiger partial charge in [-0.05, 0) is 116 Å². The lowest BCUT2D eigenvalue weighted by atomic mass is 10.0. The van der Waals surface area contributed by atoms with Gasteiger partial charge in [-0.3, -0.25) is 14.4 Å². The number of esters is 3. The predicted molar refractivity (Wildman–Crippen MR) is 353 cm³/mol. The average molecular weight is 1130 g/mol. The molecule has 0 rings (SSSR count). The lowest BCUT2D eigenvalue weighted by Crippen LogP contribution is -2.30. The molecular formula is C75H132O6. The van der Waals surface area contributed by atoms with E-state index >= 15 is 0 Å². The maximum absolute atomic E-state index is 12.9. The molecule has 0 bridgehead atoms. The van der Waals surface area contributed by atoms with Crippen molar-refractivity contribution in [2.75, 3.05) is 13.2 Å². The van der Waals surface area contributed by atoms with Crippen molar-refractivity contribution >= 4 is 17.9 Å². The lowest BCUT2D eigenvalue weighted by molar-refractivity contribution is -0.167. The zero-order valence-electron chi connectivity index (χ0n) is 53.8. The molecule has 0 aromatic heterocycles. The second-order valence-electron chi connectivity index (χ2n) is 23.4. The maximum Gasteiger partial charge on any atom is 0.306 e. The molecule has 0 aliphatic heterocycles. The number of hydrogen-bond donors (Lipinski definition) is 0. The van der Waals surface area contributed by atoms with Crippen LogP contribution >= 0.6 is 0 Å². The minimum Gasteiger partial charge on any atom is -0.462 e. The molecule has 1 unspecified atom stereocenters. The Labute approximate surface area is 503 Å². The van der Waals surface area contributed by atoms with E-state index in [1.165, 1.54) is 205 Å². The number of ether oxygens (including phenoxy) is 3. The molecule has 0 saturated heterocycles. The van der Waals surface area contributed by atoms with Crippen molar-refractivity contribution in [1.29, 1.82) is 0 Å². The summed E-state index contributed by atoms with van der Waals surface area (Å²) < 4.78 is 16.9. The summed E-state index contributed by atoms with van der Waals surface area (Å²) in [6.07, 6.45) is 91.9. The Balaban J connectivity index is 4.23. The van der Waals surface area contributed by atoms with E-state index in [-0.39, 0.29) is 31.1 Å². The fourth-order valence-electron chi connectivity index (χ4n) is 10.1. The number of unbranched alkanes of at least 4 members (excludes halogenated alkanes) is 39. The molecule has 0 radical (unpaired) electrons. The van der Waals surface area contributed by atoms with E-state index in [2.05, 4.69) is 106 Å². The van der Waals surface area contributed by atoms with Crippen molar-refractivity contribution in [3.63, 3.8) is 0 Å². The summed E-state index contributed by atoms with van der Waals surface area (Å²) in [5.74, 6) is -0.903. The lowest BCUT2D eigenvalue weighted by Gasteiger charge is -2.18. The Kier molecular flexibility index (Phi) is 66.2. The van der Waals surface area contributed by atoms with E-state index in [1.54, 1.807) is 0 Å². The van der Waals surface area contributed by atoms with E-state index in [1.807, 2.05) is 0 Å². The number of carbonyl (C=O) groups is 3. The van der Waals surface area contributed by atoms with Crippen molar-refractivity contribution in [3.8, 4) is 0 Å². The number of carbonyl (C=O) groups excluding carboxylic acids is 3. The normalized spacial score (nSPS) is 12.6. The largest absolute Gasteiger partial charge is 0.462 e. The van der Waals surface area contributed by atoms with Gasteiger partial charge in [0.05, 0.1) is 0 Å². The molecule has 0 aliphatic carbocycles. The Bertz CT molecular complexity index is 1530. The standard InChI is InChI=1S/C75H132O6/c1-4-7-10-13-16-19-22-25-28-30-31-32-33-34-35-36-37-38-39-40-41-42-43-45-47-50-53-56-59-62-65-68-74(77)80-71-72(70-79-73(76)67-64-61-58-55-52-49-46-27-24-21-18-15-12-9-6-3)81-75(78)69-66-63-60-57-54-51-48-44-29-26-23-20-17-14-11-8-5-2/h8,11,17,20,22,25-27,29-31,46,48,51,72H,4-7,9-10,12-16,18-19,21,23-24,28,32-45,47,49-50,52-71H2,1-3H3/b11-8-,20-17-,25-22-,29-26-,31-30-,46-27-,51-48-. The van der Waals surface area contributed by atoms with Crippen molar-refractivity contribution in [2.24, 2.45) is 0 Å². The van der Waals surface area contributed by atoms with Crippen LogP contribution in [0.3, 0.4) is 0 Å². The van der Waals surface area contributed by atoms with Gasteiger partial charge in [0.15, 0.2) is 6.10 Å². The molecule has 6 heteroatoms. The monoisotopic (exact) mass is 1130 g/mol. The zero-order valence-corrected chi connectivity index (χ0v) is 53.8. The summed E-state index contributed by atoms with van der Waals surface area (Å²) in [7, 11) is 0. The topological polar surface area (TPSA) is 78.9 Å². The Hall–Kier alpha value is -3.41. The van der Waals surface area contributed by atoms with Crippen LogP contribution in [0.25, 0.3) is 0 Å². The molecule has 1 atom stereocenters. The molecular weight excluding hydrogens is 997 g/mol. The molecule has 0 aromatic rings. The SMILES string of the molecule is CC/C=C\C/C=C\C/C=C\C/C=C\CCCCCCC(=O)OC(COC(=O)CCCCCCC/C=C\CCCCCCCC)COC(=O)CCCCCCCCCCCCCCCCCCCCC/C=C\C/C=C\CCCCCCC. The molecule has 0 N–H and O–H groups in total. The second kappa shape index (κ2) is 69.1. The highest BCUT2D eigenvalue weighted by Crippen LogP contribution is 2.17. The third-order valence-electron chi connectivity index (χ3n) is 15.4. The van der Waals surface area contributed by atoms with Gasteiger partial charge < -0.3 is 14.2 Å². The fourth-order valence-corrected chi connectivity index (χ4v) is 10.1. The predicted octanol–water partition coefficient (Wildman–Crippen LogP) is 24.2. The van der Waals surface area contributed by atoms with Gasteiger partial charge in [0.2, 0.25) is 0 Å². The highest BCUT2D eigenvalue weighted by Gasteiger charge is 2.19. The van der Waals surface area contributed by atoms with E-state index in [4.69, 9.17) is 14.2 Å². The van der Waals surface area contributed by atoms with E-state index in [0.29, 0.717) is 19.3 Å². The van der Waals surface area contributed by atoms with Crippen molar-refractivity contribution in [3.05, 3.63) is 85.1 Å². The molecule has 0 spiro atoms. The van der Waals surface area contributed by atoms with Crippen molar-refractivity contribution in [2.45, 2.75) is 361 Å². The van der Waals surface area contributed by atoms with Gasteiger partial charge in [0.25, 0.3) is 0 Å². The highest BCUT2D eigenvalue weighted by molar-refractivity contribution is 5.71. The summed E-state index contributed by atoms with van der Waals surface area (Å²) in [4.78, 5) is 38.4. The van der Waals surface area contributed by atoms with E-state index in [0.717, 1.165) is 109 Å². The quantitative estimate of drug-likeness (QED) is 0.0261.